The van der Waals surface area contributed by atoms with Gasteiger partial charge < -0.3 is 18.9 Å². The van der Waals surface area contributed by atoms with Gasteiger partial charge >= 0.3 is 0 Å². The molecule has 2 aliphatic heterocycles. The SMILES string of the molecule is C1COC(C2COCCO2)OC1. The monoisotopic (exact) mass is 174 g/mol. The van der Waals surface area contributed by atoms with E-state index in [0.29, 0.717) is 19.8 Å². The Hall–Kier alpha value is -0.160. The van der Waals surface area contributed by atoms with Gasteiger partial charge in [-0.25, -0.2) is 0 Å². The summed E-state index contributed by atoms with van der Waals surface area (Å²) in [4.78, 5) is 0. The fourth-order valence-corrected chi connectivity index (χ4v) is 1.38. The number of hydrogen-bond donors (Lipinski definition) is 0. The van der Waals surface area contributed by atoms with Gasteiger partial charge in [-0.1, -0.05) is 0 Å². The van der Waals surface area contributed by atoms with Crippen molar-refractivity contribution in [3.05, 3.63) is 0 Å². The first-order chi connectivity index (χ1) is 5.97. The quantitative estimate of drug-likeness (QED) is 0.567. The minimum absolute atomic E-state index is 0.0287. The molecule has 0 aromatic heterocycles. The lowest BCUT2D eigenvalue weighted by molar-refractivity contribution is -0.256. The van der Waals surface area contributed by atoms with E-state index in [-0.39, 0.29) is 12.4 Å². The zero-order valence-corrected chi connectivity index (χ0v) is 7.03. The minimum atomic E-state index is -0.209. The molecule has 0 aliphatic carbocycles. The predicted octanol–water partition coefficient (Wildman–Crippen LogP) is 0.165. The van der Waals surface area contributed by atoms with Crippen LogP contribution in [0.2, 0.25) is 0 Å². The van der Waals surface area contributed by atoms with Gasteiger partial charge in [-0.15, -0.1) is 0 Å². The molecule has 2 aliphatic rings. The summed E-state index contributed by atoms with van der Waals surface area (Å²) in [5.74, 6) is 0. The molecule has 0 aromatic rings. The Bertz CT molecular complexity index is 111. The third-order valence-electron chi connectivity index (χ3n) is 2.00. The van der Waals surface area contributed by atoms with Crippen LogP contribution in [0.25, 0.3) is 0 Å². The molecule has 70 valence electrons. The molecule has 0 aromatic carbocycles. The van der Waals surface area contributed by atoms with E-state index in [0.717, 1.165) is 19.6 Å². The molecule has 0 spiro atoms. The first-order valence-electron chi connectivity index (χ1n) is 4.39. The molecule has 0 bridgehead atoms. The summed E-state index contributed by atoms with van der Waals surface area (Å²) < 4.78 is 21.5. The van der Waals surface area contributed by atoms with Crippen LogP contribution < -0.4 is 0 Å². The first-order valence-corrected chi connectivity index (χ1v) is 4.39. The Morgan fingerprint density at radius 2 is 1.67 bits per heavy atom. The summed E-state index contributed by atoms with van der Waals surface area (Å²) in [6.45, 7) is 3.46. The van der Waals surface area contributed by atoms with Crippen LogP contribution in [0.4, 0.5) is 0 Å². The van der Waals surface area contributed by atoms with Crippen LogP contribution >= 0.6 is 0 Å². The number of hydrogen-bond acceptors (Lipinski definition) is 4. The fraction of sp³-hybridized carbons (Fsp3) is 1.00. The van der Waals surface area contributed by atoms with E-state index in [9.17, 15) is 0 Å². The molecule has 0 saturated carbocycles. The molecule has 2 fully saturated rings. The highest BCUT2D eigenvalue weighted by atomic mass is 16.7. The molecule has 4 nitrogen and oxygen atoms in total. The Morgan fingerprint density at radius 1 is 0.833 bits per heavy atom. The Morgan fingerprint density at radius 3 is 2.33 bits per heavy atom. The summed E-state index contributed by atoms with van der Waals surface area (Å²) in [6.07, 6.45) is 0.738. The zero-order chi connectivity index (χ0) is 8.23. The van der Waals surface area contributed by atoms with Crippen molar-refractivity contribution in [3.8, 4) is 0 Å². The van der Waals surface area contributed by atoms with Crippen molar-refractivity contribution in [1.29, 1.82) is 0 Å². The Kier molecular flexibility index (Phi) is 2.94. The van der Waals surface area contributed by atoms with Gasteiger partial charge in [-0.2, -0.15) is 0 Å². The van der Waals surface area contributed by atoms with Gasteiger partial charge in [-0.05, 0) is 6.42 Å². The van der Waals surface area contributed by atoms with E-state index < -0.39 is 0 Å². The van der Waals surface area contributed by atoms with Crippen molar-refractivity contribution in [2.24, 2.45) is 0 Å². The minimum Gasteiger partial charge on any atom is -0.376 e. The standard InChI is InChI=1S/C8H14O4/c1-2-11-8(12-3-1)7-6-9-4-5-10-7/h7-8H,1-6H2. The van der Waals surface area contributed by atoms with Gasteiger partial charge in [0.1, 0.15) is 6.10 Å². The molecule has 0 radical (unpaired) electrons. The van der Waals surface area contributed by atoms with Gasteiger partial charge in [0, 0.05) is 0 Å². The Balaban J connectivity index is 1.80. The molecule has 1 atom stereocenters. The van der Waals surface area contributed by atoms with E-state index in [1.54, 1.807) is 0 Å². The molecular formula is C8H14O4. The summed E-state index contributed by atoms with van der Waals surface area (Å²) in [7, 11) is 0. The molecule has 2 saturated heterocycles. The first kappa shape index (κ1) is 8.44. The third kappa shape index (κ3) is 1.95. The van der Waals surface area contributed by atoms with E-state index in [1.165, 1.54) is 0 Å². The van der Waals surface area contributed by atoms with Gasteiger partial charge in [0.2, 0.25) is 0 Å². The second-order valence-electron chi connectivity index (χ2n) is 2.95. The maximum Gasteiger partial charge on any atom is 0.185 e. The lowest BCUT2D eigenvalue weighted by Gasteiger charge is -2.32. The highest BCUT2D eigenvalue weighted by molar-refractivity contribution is 4.67. The predicted molar refractivity (Wildman–Crippen MR) is 40.9 cm³/mol. The second-order valence-corrected chi connectivity index (χ2v) is 2.95. The van der Waals surface area contributed by atoms with Crippen LogP contribution in [0.5, 0.6) is 0 Å². The van der Waals surface area contributed by atoms with Crippen molar-refractivity contribution in [1.82, 2.24) is 0 Å². The molecule has 12 heavy (non-hydrogen) atoms. The summed E-state index contributed by atoms with van der Waals surface area (Å²) in [5, 5.41) is 0. The highest BCUT2D eigenvalue weighted by Crippen LogP contribution is 2.14. The fourth-order valence-electron chi connectivity index (χ4n) is 1.38. The van der Waals surface area contributed by atoms with Crippen molar-refractivity contribution in [2.75, 3.05) is 33.0 Å². The van der Waals surface area contributed by atoms with Crippen molar-refractivity contribution >= 4 is 0 Å². The maximum atomic E-state index is 5.44. The number of rotatable bonds is 1. The average Bonchev–Trinajstić information content (AvgIpc) is 2.21. The largest absolute Gasteiger partial charge is 0.376 e. The van der Waals surface area contributed by atoms with E-state index in [4.69, 9.17) is 18.9 Å². The van der Waals surface area contributed by atoms with Gasteiger partial charge in [0.15, 0.2) is 6.29 Å². The topological polar surface area (TPSA) is 36.9 Å². The summed E-state index contributed by atoms with van der Waals surface area (Å²) in [6, 6.07) is 0. The van der Waals surface area contributed by atoms with E-state index >= 15 is 0 Å². The smallest absolute Gasteiger partial charge is 0.185 e. The number of ether oxygens (including phenoxy) is 4. The summed E-state index contributed by atoms with van der Waals surface area (Å²) >= 11 is 0. The lowest BCUT2D eigenvalue weighted by Crippen LogP contribution is -2.43. The normalized spacial score (nSPS) is 33.5. The van der Waals surface area contributed by atoms with E-state index in [2.05, 4.69) is 0 Å². The Labute approximate surface area is 71.7 Å². The summed E-state index contributed by atoms with van der Waals surface area (Å²) in [5.41, 5.74) is 0. The van der Waals surface area contributed by atoms with Gasteiger partial charge in [0.25, 0.3) is 0 Å². The maximum absolute atomic E-state index is 5.44. The molecule has 4 heteroatoms. The average molecular weight is 174 g/mol. The molecule has 2 heterocycles. The zero-order valence-electron chi connectivity index (χ0n) is 7.03. The molecule has 0 N–H and O–H groups in total. The second kappa shape index (κ2) is 4.18. The van der Waals surface area contributed by atoms with Crippen LogP contribution in [0.1, 0.15) is 6.42 Å². The van der Waals surface area contributed by atoms with Crippen LogP contribution in [0, 0.1) is 0 Å². The van der Waals surface area contributed by atoms with Crippen LogP contribution in [-0.4, -0.2) is 45.4 Å². The van der Waals surface area contributed by atoms with Gasteiger partial charge in [0.05, 0.1) is 33.0 Å². The van der Waals surface area contributed by atoms with Crippen molar-refractivity contribution < 1.29 is 18.9 Å². The molecule has 0 amide bonds. The lowest BCUT2D eigenvalue weighted by atomic mass is 10.3. The van der Waals surface area contributed by atoms with Crippen LogP contribution in [-0.2, 0) is 18.9 Å². The van der Waals surface area contributed by atoms with Crippen molar-refractivity contribution in [3.63, 3.8) is 0 Å². The molecule has 2 rings (SSSR count). The van der Waals surface area contributed by atoms with Gasteiger partial charge in [-0.3, -0.25) is 0 Å². The van der Waals surface area contributed by atoms with E-state index in [1.807, 2.05) is 0 Å². The molecule has 1 unspecified atom stereocenters. The van der Waals surface area contributed by atoms with Crippen LogP contribution in [0.3, 0.4) is 0 Å². The molecular weight excluding hydrogens is 160 g/mol. The highest BCUT2D eigenvalue weighted by Gasteiger charge is 2.28. The van der Waals surface area contributed by atoms with Crippen molar-refractivity contribution in [2.45, 2.75) is 18.8 Å². The third-order valence-corrected chi connectivity index (χ3v) is 2.00. The van der Waals surface area contributed by atoms with Crippen LogP contribution in [0.15, 0.2) is 0 Å².